The monoisotopic (exact) mass is 598 g/mol. The van der Waals surface area contributed by atoms with Crippen LogP contribution in [0.4, 0.5) is 24.5 Å². The zero-order chi connectivity index (χ0) is 29.0. The van der Waals surface area contributed by atoms with E-state index in [9.17, 15) is 27.6 Å². The Kier molecular flexibility index (Phi) is 8.60. The number of hydrogen-bond donors (Lipinski definition) is 2. The summed E-state index contributed by atoms with van der Waals surface area (Å²) in [4.78, 5) is 44.9. The number of benzene rings is 3. The van der Waals surface area contributed by atoms with Gasteiger partial charge in [0.25, 0.3) is 11.8 Å². The number of likely N-dealkylation sites (tertiary alicyclic amines) is 1. The summed E-state index contributed by atoms with van der Waals surface area (Å²) in [5.74, 6) is -1.04. The molecule has 3 aromatic carbocycles. The predicted octanol–water partition coefficient (Wildman–Crippen LogP) is 6.92. The molecule has 41 heavy (non-hydrogen) atoms. The van der Waals surface area contributed by atoms with Gasteiger partial charge < -0.3 is 15.5 Å². The molecule has 1 aliphatic heterocycles. The van der Waals surface area contributed by atoms with Crippen molar-refractivity contribution in [2.75, 3.05) is 29.5 Å². The SMILES string of the molecule is O=C(CSc1nc2ccc(NC(=O)c3ccccc3C(=O)N3CCCCC3)cc2s1)Nc1cccc(C(F)(F)F)c1. The van der Waals surface area contributed by atoms with Gasteiger partial charge in [0.2, 0.25) is 5.91 Å². The topological polar surface area (TPSA) is 91.4 Å². The molecule has 7 nitrogen and oxygen atoms in total. The van der Waals surface area contributed by atoms with Gasteiger partial charge in [0.05, 0.1) is 32.7 Å². The smallest absolute Gasteiger partial charge is 0.339 e. The Balaban J connectivity index is 1.22. The van der Waals surface area contributed by atoms with E-state index in [1.807, 2.05) is 0 Å². The van der Waals surface area contributed by atoms with Crippen molar-refractivity contribution in [3.8, 4) is 0 Å². The highest BCUT2D eigenvalue weighted by Crippen LogP contribution is 2.33. The number of rotatable bonds is 7. The van der Waals surface area contributed by atoms with Gasteiger partial charge in [-0.3, -0.25) is 14.4 Å². The van der Waals surface area contributed by atoms with Crippen molar-refractivity contribution in [3.05, 3.63) is 83.4 Å². The highest BCUT2D eigenvalue weighted by Gasteiger charge is 2.30. The number of carbonyl (C=O) groups excluding carboxylic acids is 3. The molecule has 2 N–H and O–H groups in total. The van der Waals surface area contributed by atoms with Crippen molar-refractivity contribution in [2.24, 2.45) is 0 Å². The van der Waals surface area contributed by atoms with E-state index >= 15 is 0 Å². The first-order valence-electron chi connectivity index (χ1n) is 12.9. The fraction of sp³-hybridized carbons (Fsp3) is 0.241. The van der Waals surface area contributed by atoms with Crippen LogP contribution in [0.2, 0.25) is 0 Å². The summed E-state index contributed by atoms with van der Waals surface area (Å²) in [6.45, 7) is 1.37. The highest BCUT2D eigenvalue weighted by molar-refractivity contribution is 8.01. The van der Waals surface area contributed by atoms with Gasteiger partial charge in [-0.1, -0.05) is 30.0 Å². The minimum atomic E-state index is -4.50. The summed E-state index contributed by atoms with van der Waals surface area (Å²) in [6, 6.07) is 16.5. The van der Waals surface area contributed by atoms with Crippen molar-refractivity contribution in [2.45, 2.75) is 29.8 Å². The third kappa shape index (κ3) is 7.06. The summed E-state index contributed by atoms with van der Waals surface area (Å²) in [5, 5.41) is 5.35. The fourth-order valence-electron chi connectivity index (χ4n) is 4.47. The van der Waals surface area contributed by atoms with Gasteiger partial charge in [-0.05, 0) is 67.8 Å². The highest BCUT2D eigenvalue weighted by atomic mass is 32.2. The largest absolute Gasteiger partial charge is 0.416 e. The van der Waals surface area contributed by atoms with Gasteiger partial charge in [-0.2, -0.15) is 13.2 Å². The maximum absolute atomic E-state index is 13.2. The van der Waals surface area contributed by atoms with E-state index in [0.29, 0.717) is 39.8 Å². The van der Waals surface area contributed by atoms with Crippen LogP contribution in [0.25, 0.3) is 10.2 Å². The van der Waals surface area contributed by atoms with E-state index in [1.54, 1.807) is 47.4 Å². The number of fused-ring (bicyclic) bond motifs is 1. The third-order valence-electron chi connectivity index (χ3n) is 6.47. The van der Waals surface area contributed by atoms with Crippen molar-refractivity contribution in [1.29, 1.82) is 0 Å². The predicted molar refractivity (Wildman–Crippen MR) is 155 cm³/mol. The molecule has 12 heteroatoms. The number of piperidine rings is 1. The van der Waals surface area contributed by atoms with Gasteiger partial charge in [0.15, 0.2) is 4.34 Å². The normalized spacial score (nSPS) is 13.7. The van der Waals surface area contributed by atoms with Crippen LogP contribution in [0, 0.1) is 0 Å². The number of carbonyl (C=O) groups is 3. The Hall–Kier alpha value is -3.90. The molecule has 1 aliphatic rings. The molecule has 0 bridgehead atoms. The number of halogens is 3. The van der Waals surface area contributed by atoms with Crippen LogP contribution in [0.15, 0.2) is 71.1 Å². The summed E-state index contributed by atoms with van der Waals surface area (Å²) in [5.41, 5.74) is 1.10. The van der Waals surface area contributed by atoms with Crippen LogP contribution in [-0.2, 0) is 11.0 Å². The van der Waals surface area contributed by atoms with E-state index in [2.05, 4.69) is 15.6 Å². The lowest BCUT2D eigenvalue weighted by molar-refractivity contribution is -0.137. The molecule has 3 amide bonds. The second-order valence-electron chi connectivity index (χ2n) is 9.43. The van der Waals surface area contributed by atoms with Crippen LogP contribution >= 0.6 is 23.1 Å². The van der Waals surface area contributed by atoms with E-state index in [4.69, 9.17) is 0 Å². The van der Waals surface area contributed by atoms with Gasteiger partial charge in [0.1, 0.15) is 0 Å². The summed E-state index contributed by atoms with van der Waals surface area (Å²) >= 11 is 2.49. The van der Waals surface area contributed by atoms with Crippen LogP contribution in [0.3, 0.4) is 0 Å². The second kappa shape index (κ2) is 12.3. The zero-order valence-electron chi connectivity index (χ0n) is 21.7. The number of nitrogens with one attached hydrogen (secondary N) is 2. The maximum atomic E-state index is 13.2. The number of anilines is 2. The Morgan fingerprint density at radius 1 is 0.878 bits per heavy atom. The fourth-order valence-corrected chi connectivity index (χ4v) is 6.38. The molecule has 0 aliphatic carbocycles. The maximum Gasteiger partial charge on any atom is 0.416 e. The summed E-state index contributed by atoms with van der Waals surface area (Å²) < 4.78 is 40.1. The van der Waals surface area contributed by atoms with Gasteiger partial charge in [-0.15, -0.1) is 11.3 Å². The quantitative estimate of drug-likeness (QED) is 0.225. The number of thioether (sulfide) groups is 1. The molecule has 4 aromatic rings. The molecule has 0 spiro atoms. The Labute approximate surface area is 242 Å². The second-order valence-corrected chi connectivity index (χ2v) is 11.7. The molecule has 0 unspecified atom stereocenters. The lowest BCUT2D eigenvalue weighted by Gasteiger charge is -2.27. The lowest BCUT2D eigenvalue weighted by Crippen LogP contribution is -2.36. The zero-order valence-corrected chi connectivity index (χ0v) is 23.3. The van der Waals surface area contributed by atoms with Crippen LogP contribution in [0.5, 0.6) is 0 Å². The van der Waals surface area contributed by atoms with Gasteiger partial charge in [0, 0.05) is 24.5 Å². The number of alkyl halides is 3. The lowest BCUT2D eigenvalue weighted by atomic mass is 10.0. The van der Waals surface area contributed by atoms with Gasteiger partial charge >= 0.3 is 6.18 Å². The Morgan fingerprint density at radius 3 is 2.37 bits per heavy atom. The van der Waals surface area contributed by atoms with E-state index in [-0.39, 0.29) is 17.3 Å². The van der Waals surface area contributed by atoms with E-state index in [0.717, 1.165) is 47.9 Å². The number of aromatic nitrogens is 1. The molecular weight excluding hydrogens is 573 g/mol. The van der Waals surface area contributed by atoms with E-state index in [1.165, 1.54) is 23.5 Å². The number of thiazole rings is 1. The molecular formula is C29H25F3N4O3S2. The van der Waals surface area contributed by atoms with Crippen LogP contribution in [0.1, 0.15) is 45.5 Å². The van der Waals surface area contributed by atoms with Crippen molar-refractivity contribution >= 4 is 62.4 Å². The number of amides is 3. The van der Waals surface area contributed by atoms with Crippen molar-refractivity contribution < 1.29 is 27.6 Å². The molecule has 1 fully saturated rings. The van der Waals surface area contributed by atoms with Crippen LogP contribution in [-0.4, -0.2) is 46.4 Å². The minimum absolute atomic E-state index is 0.0402. The molecule has 5 rings (SSSR count). The van der Waals surface area contributed by atoms with E-state index < -0.39 is 23.6 Å². The van der Waals surface area contributed by atoms with Crippen molar-refractivity contribution in [3.63, 3.8) is 0 Å². The minimum Gasteiger partial charge on any atom is -0.339 e. The summed E-state index contributed by atoms with van der Waals surface area (Å²) in [6.07, 6.45) is -1.49. The molecule has 0 atom stereocenters. The van der Waals surface area contributed by atoms with Crippen LogP contribution < -0.4 is 10.6 Å². The molecule has 2 heterocycles. The Morgan fingerprint density at radius 2 is 1.61 bits per heavy atom. The first kappa shape index (κ1) is 28.6. The Bertz CT molecular complexity index is 1600. The first-order chi connectivity index (χ1) is 19.7. The molecule has 0 radical (unpaired) electrons. The third-order valence-corrected chi connectivity index (χ3v) is 8.63. The molecule has 1 saturated heterocycles. The summed E-state index contributed by atoms with van der Waals surface area (Å²) in [7, 11) is 0. The molecule has 212 valence electrons. The average Bonchev–Trinajstić information content (AvgIpc) is 3.38. The average molecular weight is 599 g/mol. The van der Waals surface area contributed by atoms with Crippen molar-refractivity contribution in [1.82, 2.24) is 9.88 Å². The number of nitrogens with zero attached hydrogens (tertiary/aromatic N) is 2. The van der Waals surface area contributed by atoms with Gasteiger partial charge in [-0.25, -0.2) is 4.98 Å². The number of hydrogen-bond acceptors (Lipinski definition) is 6. The first-order valence-corrected chi connectivity index (χ1v) is 14.7. The standard InChI is InChI=1S/C29H25F3N4O3S2/c30-29(31,32)18-7-6-8-19(15-18)33-25(37)17-40-28-35-23-12-11-20(16-24(23)41-28)34-26(38)21-9-2-3-10-22(21)27(39)36-13-4-1-5-14-36/h2-3,6-12,15-16H,1,4-5,13-14,17H2,(H,33,37)(H,34,38). The molecule has 0 saturated carbocycles. The molecule has 1 aromatic heterocycles.